The van der Waals surface area contributed by atoms with Gasteiger partial charge in [-0.15, -0.1) is 11.3 Å². The van der Waals surface area contributed by atoms with E-state index >= 15 is 0 Å². The molecule has 1 atom stereocenters. The Hall–Kier alpha value is -1.41. The zero-order chi connectivity index (χ0) is 11.5. The number of carbonyl (C=O) groups excluding carboxylic acids is 1. The van der Waals surface area contributed by atoms with Crippen molar-refractivity contribution in [2.75, 3.05) is 0 Å². The highest BCUT2D eigenvalue weighted by Crippen LogP contribution is 2.24. The van der Waals surface area contributed by atoms with E-state index in [1.165, 1.54) is 4.88 Å². The second-order valence-corrected chi connectivity index (χ2v) is 5.19. The summed E-state index contributed by atoms with van der Waals surface area (Å²) >= 11 is 1.57. The molecule has 0 radical (unpaired) electrons. The van der Waals surface area contributed by atoms with E-state index < -0.39 is 0 Å². The summed E-state index contributed by atoms with van der Waals surface area (Å²) in [6, 6.07) is 13.8. The summed E-state index contributed by atoms with van der Waals surface area (Å²) in [7, 11) is 0. The third kappa shape index (κ3) is 2.22. The molecule has 16 heavy (non-hydrogen) atoms. The lowest BCUT2D eigenvalue weighted by Gasteiger charge is -2.08. The Balaban J connectivity index is 2.23. The van der Waals surface area contributed by atoms with Crippen molar-refractivity contribution in [3.8, 4) is 0 Å². The summed E-state index contributed by atoms with van der Waals surface area (Å²) in [6.45, 7) is 3.99. The molecule has 0 saturated heterocycles. The zero-order valence-electron chi connectivity index (χ0n) is 9.44. The summed E-state index contributed by atoms with van der Waals surface area (Å²) in [4.78, 5) is 14.2. The van der Waals surface area contributed by atoms with Gasteiger partial charge in [0.1, 0.15) is 0 Å². The average Bonchev–Trinajstić information content (AvgIpc) is 2.75. The largest absolute Gasteiger partial charge is 0.293 e. The molecular formula is C14H14OS. The van der Waals surface area contributed by atoms with Gasteiger partial charge in [-0.05, 0) is 24.6 Å². The molecule has 1 heterocycles. The highest BCUT2D eigenvalue weighted by Gasteiger charge is 2.17. The van der Waals surface area contributed by atoms with Crippen LogP contribution in [0.4, 0.5) is 0 Å². The van der Waals surface area contributed by atoms with E-state index in [0.717, 1.165) is 10.4 Å². The number of Topliss-reactive ketones (excluding diaryl/α,β-unsaturated/α-hetero) is 1. The molecule has 1 aromatic heterocycles. The van der Waals surface area contributed by atoms with Crippen molar-refractivity contribution in [1.29, 1.82) is 0 Å². The Bertz CT molecular complexity index is 484. The van der Waals surface area contributed by atoms with Crippen LogP contribution in [0.15, 0.2) is 42.5 Å². The summed E-state index contributed by atoms with van der Waals surface area (Å²) in [5.74, 6) is 0.156. The maximum atomic E-state index is 12.2. The van der Waals surface area contributed by atoms with E-state index in [-0.39, 0.29) is 11.7 Å². The van der Waals surface area contributed by atoms with Crippen molar-refractivity contribution in [3.05, 3.63) is 57.8 Å². The molecule has 0 saturated carbocycles. The van der Waals surface area contributed by atoms with Gasteiger partial charge in [-0.25, -0.2) is 0 Å². The third-order valence-corrected chi connectivity index (χ3v) is 3.69. The Morgan fingerprint density at radius 1 is 1.12 bits per heavy atom. The molecule has 0 aliphatic rings. The van der Waals surface area contributed by atoms with Crippen LogP contribution in [0.5, 0.6) is 0 Å². The molecule has 0 N–H and O–H groups in total. The minimum atomic E-state index is -0.0563. The molecule has 0 bridgehead atoms. The van der Waals surface area contributed by atoms with Crippen LogP contribution < -0.4 is 0 Å². The number of rotatable bonds is 3. The van der Waals surface area contributed by atoms with Gasteiger partial charge in [0.25, 0.3) is 0 Å². The topological polar surface area (TPSA) is 17.1 Å². The van der Waals surface area contributed by atoms with Gasteiger partial charge in [-0.1, -0.05) is 37.3 Å². The van der Waals surface area contributed by atoms with E-state index in [9.17, 15) is 4.79 Å². The molecule has 82 valence electrons. The van der Waals surface area contributed by atoms with Crippen LogP contribution in [0.2, 0.25) is 0 Å². The summed E-state index contributed by atoms with van der Waals surface area (Å²) in [5, 5.41) is 0. The van der Waals surface area contributed by atoms with Crippen molar-refractivity contribution in [2.45, 2.75) is 19.8 Å². The molecule has 0 aliphatic heterocycles. The SMILES string of the molecule is Cc1ccc(C(=O)C(C)c2ccccc2)s1. The number of benzene rings is 1. The van der Waals surface area contributed by atoms with Crippen molar-refractivity contribution < 1.29 is 4.79 Å². The molecule has 1 nitrogen and oxygen atoms in total. The van der Waals surface area contributed by atoms with Crippen LogP contribution >= 0.6 is 11.3 Å². The molecule has 2 rings (SSSR count). The van der Waals surface area contributed by atoms with Crippen LogP contribution in [0, 0.1) is 6.92 Å². The van der Waals surface area contributed by atoms with Crippen molar-refractivity contribution >= 4 is 17.1 Å². The third-order valence-electron chi connectivity index (χ3n) is 2.68. The van der Waals surface area contributed by atoms with Crippen LogP contribution in [0.25, 0.3) is 0 Å². The number of ketones is 1. The first-order valence-corrected chi connectivity index (χ1v) is 6.15. The van der Waals surface area contributed by atoms with E-state index in [1.54, 1.807) is 11.3 Å². The maximum absolute atomic E-state index is 12.2. The lowest BCUT2D eigenvalue weighted by molar-refractivity contribution is 0.0970. The van der Waals surface area contributed by atoms with Gasteiger partial charge in [0, 0.05) is 10.8 Å². The van der Waals surface area contributed by atoms with Gasteiger partial charge in [0.15, 0.2) is 5.78 Å². The van der Waals surface area contributed by atoms with Crippen LogP contribution in [-0.2, 0) is 0 Å². The second kappa shape index (κ2) is 4.62. The summed E-state index contributed by atoms with van der Waals surface area (Å²) in [6.07, 6.45) is 0. The molecule has 0 fully saturated rings. The van der Waals surface area contributed by atoms with E-state index in [1.807, 2.05) is 56.3 Å². The van der Waals surface area contributed by atoms with E-state index in [0.29, 0.717) is 0 Å². The van der Waals surface area contributed by atoms with Crippen LogP contribution in [-0.4, -0.2) is 5.78 Å². The zero-order valence-corrected chi connectivity index (χ0v) is 10.3. The molecule has 1 aromatic carbocycles. The predicted molar refractivity (Wildman–Crippen MR) is 68.2 cm³/mol. The Morgan fingerprint density at radius 2 is 1.81 bits per heavy atom. The molecule has 0 amide bonds. The fourth-order valence-electron chi connectivity index (χ4n) is 1.67. The Kier molecular flexibility index (Phi) is 3.20. The van der Waals surface area contributed by atoms with Crippen molar-refractivity contribution in [2.24, 2.45) is 0 Å². The summed E-state index contributed by atoms with van der Waals surface area (Å²) in [5.41, 5.74) is 1.08. The van der Waals surface area contributed by atoms with Gasteiger partial charge < -0.3 is 0 Å². The maximum Gasteiger partial charge on any atom is 0.179 e. The smallest absolute Gasteiger partial charge is 0.179 e. The highest BCUT2D eigenvalue weighted by molar-refractivity contribution is 7.14. The van der Waals surface area contributed by atoms with Gasteiger partial charge in [-0.2, -0.15) is 0 Å². The standard InChI is InChI=1S/C14H14OS/c1-10-8-9-13(16-10)14(15)11(2)12-6-4-3-5-7-12/h3-9,11H,1-2H3. The lowest BCUT2D eigenvalue weighted by atomic mass is 9.96. The molecule has 0 spiro atoms. The number of thiophene rings is 1. The van der Waals surface area contributed by atoms with Crippen LogP contribution in [0.3, 0.4) is 0 Å². The van der Waals surface area contributed by atoms with Gasteiger partial charge in [0.2, 0.25) is 0 Å². The molecule has 1 unspecified atom stereocenters. The van der Waals surface area contributed by atoms with E-state index in [4.69, 9.17) is 0 Å². The number of aryl methyl sites for hydroxylation is 1. The minimum Gasteiger partial charge on any atom is -0.293 e. The minimum absolute atomic E-state index is 0.0563. The number of hydrogen-bond donors (Lipinski definition) is 0. The normalized spacial score (nSPS) is 12.4. The summed E-state index contributed by atoms with van der Waals surface area (Å²) < 4.78 is 0. The van der Waals surface area contributed by atoms with Gasteiger partial charge in [-0.3, -0.25) is 4.79 Å². The van der Waals surface area contributed by atoms with Crippen molar-refractivity contribution in [1.82, 2.24) is 0 Å². The quantitative estimate of drug-likeness (QED) is 0.727. The molecular weight excluding hydrogens is 216 g/mol. The van der Waals surface area contributed by atoms with E-state index in [2.05, 4.69) is 0 Å². The first kappa shape index (κ1) is 11.1. The van der Waals surface area contributed by atoms with Gasteiger partial charge in [0.05, 0.1) is 4.88 Å². The first-order chi connectivity index (χ1) is 7.68. The Labute approximate surface area is 99.8 Å². The molecule has 0 aliphatic carbocycles. The Morgan fingerprint density at radius 3 is 2.38 bits per heavy atom. The molecule has 2 heteroatoms. The fourth-order valence-corrected chi connectivity index (χ4v) is 2.57. The monoisotopic (exact) mass is 230 g/mol. The second-order valence-electron chi connectivity index (χ2n) is 3.91. The molecule has 2 aromatic rings. The van der Waals surface area contributed by atoms with Crippen molar-refractivity contribution in [3.63, 3.8) is 0 Å². The highest BCUT2D eigenvalue weighted by atomic mass is 32.1. The number of carbonyl (C=O) groups is 1. The van der Waals surface area contributed by atoms with Gasteiger partial charge >= 0.3 is 0 Å². The lowest BCUT2D eigenvalue weighted by Crippen LogP contribution is -2.07. The fraction of sp³-hybridized carbons (Fsp3) is 0.214. The predicted octanol–water partition coefficient (Wildman–Crippen LogP) is 4.04. The average molecular weight is 230 g/mol. The number of hydrogen-bond acceptors (Lipinski definition) is 2. The van der Waals surface area contributed by atoms with Crippen LogP contribution in [0.1, 0.15) is 33.0 Å². The first-order valence-electron chi connectivity index (χ1n) is 5.34.